The van der Waals surface area contributed by atoms with E-state index in [2.05, 4.69) is 15.5 Å². The standard InChI is InChI=1S/C12H10ClN3O2/c13-7-8-3-1-2-4-9(8)14-12(18)10-5-6-11(17)16-15-10/h1-6H,7H2,(H,14,18)(H,16,17). The van der Waals surface area contributed by atoms with Gasteiger partial charge in [-0.3, -0.25) is 9.59 Å². The molecule has 0 spiro atoms. The Bertz CT molecular complexity index is 604. The largest absolute Gasteiger partial charge is 0.320 e. The van der Waals surface area contributed by atoms with Crippen molar-refractivity contribution in [3.8, 4) is 0 Å². The summed E-state index contributed by atoms with van der Waals surface area (Å²) in [5, 5.41) is 8.54. The summed E-state index contributed by atoms with van der Waals surface area (Å²) < 4.78 is 0. The van der Waals surface area contributed by atoms with E-state index < -0.39 is 5.91 Å². The summed E-state index contributed by atoms with van der Waals surface area (Å²) in [6.07, 6.45) is 0. The summed E-state index contributed by atoms with van der Waals surface area (Å²) >= 11 is 5.77. The Balaban J connectivity index is 2.21. The monoisotopic (exact) mass is 263 g/mol. The van der Waals surface area contributed by atoms with Crippen LogP contribution in [-0.2, 0) is 5.88 Å². The van der Waals surface area contributed by atoms with Crippen LogP contribution >= 0.6 is 11.6 Å². The number of H-pyrrole nitrogens is 1. The maximum Gasteiger partial charge on any atom is 0.276 e. The number of aromatic nitrogens is 2. The van der Waals surface area contributed by atoms with Crippen molar-refractivity contribution in [2.24, 2.45) is 0 Å². The van der Waals surface area contributed by atoms with E-state index in [-0.39, 0.29) is 11.3 Å². The number of carbonyl (C=O) groups excluding carboxylic acids is 1. The van der Waals surface area contributed by atoms with Gasteiger partial charge >= 0.3 is 0 Å². The number of hydrogen-bond donors (Lipinski definition) is 2. The molecule has 0 atom stereocenters. The molecule has 2 rings (SSSR count). The lowest BCUT2D eigenvalue weighted by Gasteiger charge is -2.08. The van der Waals surface area contributed by atoms with Gasteiger partial charge < -0.3 is 5.32 Å². The second kappa shape index (κ2) is 5.46. The number of amides is 1. The molecule has 0 unspecified atom stereocenters. The zero-order chi connectivity index (χ0) is 13.0. The zero-order valence-corrected chi connectivity index (χ0v) is 10.1. The maximum atomic E-state index is 11.9. The van der Waals surface area contributed by atoms with E-state index in [1.165, 1.54) is 12.1 Å². The smallest absolute Gasteiger partial charge is 0.276 e. The van der Waals surface area contributed by atoms with Crippen molar-refractivity contribution in [2.45, 2.75) is 5.88 Å². The van der Waals surface area contributed by atoms with Crippen molar-refractivity contribution in [1.29, 1.82) is 0 Å². The van der Waals surface area contributed by atoms with Crippen LogP contribution in [0.15, 0.2) is 41.2 Å². The third-order valence-electron chi connectivity index (χ3n) is 2.32. The highest BCUT2D eigenvalue weighted by atomic mass is 35.5. The molecule has 0 saturated heterocycles. The predicted molar refractivity (Wildman–Crippen MR) is 68.8 cm³/mol. The summed E-state index contributed by atoms with van der Waals surface area (Å²) in [4.78, 5) is 22.7. The van der Waals surface area contributed by atoms with Crippen LogP contribution < -0.4 is 10.9 Å². The molecule has 1 aromatic heterocycles. The van der Waals surface area contributed by atoms with E-state index in [4.69, 9.17) is 11.6 Å². The van der Waals surface area contributed by atoms with Gasteiger partial charge in [-0.25, -0.2) is 5.10 Å². The Morgan fingerprint density at radius 2 is 2.06 bits per heavy atom. The average molecular weight is 264 g/mol. The topological polar surface area (TPSA) is 74.8 Å². The highest BCUT2D eigenvalue weighted by Crippen LogP contribution is 2.17. The Morgan fingerprint density at radius 1 is 1.28 bits per heavy atom. The second-order valence-electron chi connectivity index (χ2n) is 3.55. The van der Waals surface area contributed by atoms with Crippen LogP contribution in [0.5, 0.6) is 0 Å². The number of anilines is 1. The Labute approximate surface area is 108 Å². The zero-order valence-electron chi connectivity index (χ0n) is 9.31. The molecular weight excluding hydrogens is 254 g/mol. The lowest BCUT2D eigenvalue weighted by molar-refractivity contribution is 0.102. The summed E-state index contributed by atoms with van der Waals surface area (Å²) in [6, 6.07) is 9.81. The van der Waals surface area contributed by atoms with Crippen molar-refractivity contribution in [1.82, 2.24) is 10.2 Å². The number of nitrogens with one attached hydrogen (secondary N) is 2. The van der Waals surface area contributed by atoms with Crippen LogP contribution in [0.3, 0.4) is 0 Å². The van der Waals surface area contributed by atoms with E-state index in [9.17, 15) is 9.59 Å². The molecule has 0 aliphatic rings. The average Bonchev–Trinajstić information content (AvgIpc) is 2.40. The number of nitrogens with zero attached hydrogens (tertiary/aromatic N) is 1. The van der Waals surface area contributed by atoms with Crippen LogP contribution in [0.4, 0.5) is 5.69 Å². The van der Waals surface area contributed by atoms with Gasteiger partial charge in [0.25, 0.3) is 11.5 Å². The minimum Gasteiger partial charge on any atom is -0.320 e. The second-order valence-corrected chi connectivity index (χ2v) is 3.82. The van der Waals surface area contributed by atoms with Crippen LogP contribution in [0.25, 0.3) is 0 Å². The lowest BCUT2D eigenvalue weighted by atomic mass is 10.2. The lowest BCUT2D eigenvalue weighted by Crippen LogP contribution is -2.18. The summed E-state index contributed by atoms with van der Waals surface area (Å²) in [5.74, 6) is -0.0981. The SMILES string of the molecule is O=C(Nc1ccccc1CCl)c1ccc(=O)[nH]n1. The number of halogens is 1. The minimum atomic E-state index is -0.399. The van der Waals surface area contributed by atoms with Crippen molar-refractivity contribution in [3.63, 3.8) is 0 Å². The van der Waals surface area contributed by atoms with Crippen molar-refractivity contribution in [2.75, 3.05) is 5.32 Å². The van der Waals surface area contributed by atoms with E-state index >= 15 is 0 Å². The van der Waals surface area contributed by atoms with Gasteiger partial charge in [0.05, 0.1) is 0 Å². The molecule has 0 saturated carbocycles. The molecule has 18 heavy (non-hydrogen) atoms. The molecule has 1 heterocycles. The molecule has 0 aliphatic heterocycles. The predicted octanol–water partition coefficient (Wildman–Crippen LogP) is 1.76. The number of hydrogen-bond acceptors (Lipinski definition) is 3. The molecule has 5 nitrogen and oxygen atoms in total. The molecule has 0 radical (unpaired) electrons. The van der Waals surface area contributed by atoms with E-state index in [0.717, 1.165) is 5.56 Å². The molecule has 2 aromatic rings. The Hall–Kier alpha value is -2.14. The first-order valence-corrected chi connectivity index (χ1v) is 5.75. The summed E-state index contributed by atoms with van der Waals surface area (Å²) in [5.41, 5.74) is 1.23. The third kappa shape index (κ3) is 2.75. The highest BCUT2D eigenvalue weighted by Gasteiger charge is 2.09. The molecule has 1 aromatic carbocycles. The van der Waals surface area contributed by atoms with Crippen LogP contribution in [0.1, 0.15) is 16.1 Å². The molecule has 2 N–H and O–H groups in total. The minimum absolute atomic E-state index is 0.138. The number of rotatable bonds is 3. The molecule has 0 bridgehead atoms. The fourth-order valence-electron chi connectivity index (χ4n) is 1.42. The third-order valence-corrected chi connectivity index (χ3v) is 2.61. The maximum absolute atomic E-state index is 11.9. The first-order valence-electron chi connectivity index (χ1n) is 5.21. The van der Waals surface area contributed by atoms with Gasteiger partial charge in [-0.05, 0) is 17.7 Å². The Kier molecular flexibility index (Phi) is 3.74. The fraction of sp³-hybridized carbons (Fsp3) is 0.0833. The summed E-state index contributed by atoms with van der Waals surface area (Å²) in [7, 11) is 0. The van der Waals surface area contributed by atoms with E-state index in [0.29, 0.717) is 11.6 Å². The van der Waals surface area contributed by atoms with Crippen molar-refractivity contribution < 1.29 is 4.79 Å². The van der Waals surface area contributed by atoms with Gasteiger partial charge in [0, 0.05) is 17.6 Å². The molecule has 92 valence electrons. The molecule has 1 amide bonds. The fourth-order valence-corrected chi connectivity index (χ4v) is 1.65. The molecule has 0 fully saturated rings. The quantitative estimate of drug-likeness (QED) is 0.829. The normalized spacial score (nSPS) is 10.1. The summed E-state index contributed by atoms with van der Waals surface area (Å²) in [6.45, 7) is 0. The van der Waals surface area contributed by atoms with Gasteiger partial charge in [-0.2, -0.15) is 5.10 Å². The van der Waals surface area contributed by atoms with E-state index in [1.807, 2.05) is 12.1 Å². The van der Waals surface area contributed by atoms with E-state index in [1.54, 1.807) is 12.1 Å². The van der Waals surface area contributed by atoms with Crippen LogP contribution in [-0.4, -0.2) is 16.1 Å². The van der Waals surface area contributed by atoms with Crippen molar-refractivity contribution in [3.05, 3.63) is 58.0 Å². The highest BCUT2D eigenvalue weighted by molar-refractivity contribution is 6.17. The van der Waals surface area contributed by atoms with Gasteiger partial charge in [-0.15, -0.1) is 11.6 Å². The van der Waals surface area contributed by atoms with Crippen LogP contribution in [0, 0.1) is 0 Å². The van der Waals surface area contributed by atoms with Gasteiger partial charge in [-0.1, -0.05) is 18.2 Å². The molecule has 0 aliphatic carbocycles. The van der Waals surface area contributed by atoms with Crippen molar-refractivity contribution >= 4 is 23.2 Å². The first-order chi connectivity index (χ1) is 8.70. The number of para-hydroxylation sites is 1. The first kappa shape index (κ1) is 12.3. The molecular formula is C12H10ClN3O2. The number of alkyl halides is 1. The number of aromatic amines is 1. The Morgan fingerprint density at radius 3 is 2.72 bits per heavy atom. The van der Waals surface area contributed by atoms with Gasteiger partial charge in [0.2, 0.25) is 0 Å². The van der Waals surface area contributed by atoms with Gasteiger partial charge in [0.1, 0.15) is 5.69 Å². The number of benzene rings is 1. The molecule has 6 heteroatoms. The number of carbonyl (C=O) groups is 1. The van der Waals surface area contributed by atoms with Crippen LogP contribution in [0.2, 0.25) is 0 Å². The van der Waals surface area contributed by atoms with Gasteiger partial charge in [0.15, 0.2) is 0 Å².